The maximum Gasteiger partial charge on any atom is 0.416 e. The second-order valence-corrected chi connectivity index (χ2v) is 8.71. The summed E-state index contributed by atoms with van der Waals surface area (Å²) in [6.45, 7) is 0.728. The summed E-state index contributed by atoms with van der Waals surface area (Å²) in [6.07, 6.45) is -1.69. The Kier molecular flexibility index (Phi) is 7.65. The molecule has 0 bridgehead atoms. The SMILES string of the molecule is COc1cc(NC(=O)n2ccc3cc(Oc4cc(COCc5ccccc5)ncn4)ccc32)cc(C(F)(F)F)c1. The van der Waals surface area contributed by atoms with E-state index in [1.807, 2.05) is 30.3 Å². The first-order valence-electron chi connectivity index (χ1n) is 12.1. The Morgan fingerprint density at radius 2 is 1.75 bits per heavy atom. The van der Waals surface area contributed by atoms with Gasteiger partial charge in [0, 0.05) is 29.4 Å². The number of alkyl halides is 3. The number of benzene rings is 3. The third-order valence-electron chi connectivity index (χ3n) is 5.88. The minimum atomic E-state index is -4.59. The minimum absolute atomic E-state index is 0.0279. The number of ether oxygens (including phenoxy) is 3. The molecule has 1 amide bonds. The monoisotopic (exact) mass is 548 g/mol. The van der Waals surface area contributed by atoms with Gasteiger partial charge in [-0.1, -0.05) is 30.3 Å². The van der Waals surface area contributed by atoms with Gasteiger partial charge in [-0.3, -0.25) is 4.57 Å². The van der Waals surface area contributed by atoms with Crippen molar-refractivity contribution >= 4 is 22.6 Å². The van der Waals surface area contributed by atoms with Crippen LogP contribution in [-0.4, -0.2) is 27.7 Å². The average Bonchev–Trinajstić information content (AvgIpc) is 3.37. The molecule has 2 aromatic heterocycles. The number of hydrogen-bond donors (Lipinski definition) is 1. The lowest BCUT2D eigenvalue weighted by Gasteiger charge is -2.13. The highest BCUT2D eigenvalue weighted by molar-refractivity contribution is 5.99. The van der Waals surface area contributed by atoms with Crippen molar-refractivity contribution in [2.75, 3.05) is 12.4 Å². The Bertz CT molecular complexity index is 1640. The van der Waals surface area contributed by atoms with Crippen LogP contribution in [0.15, 0.2) is 91.4 Å². The van der Waals surface area contributed by atoms with Gasteiger partial charge >= 0.3 is 12.2 Å². The molecule has 0 fully saturated rings. The lowest BCUT2D eigenvalue weighted by atomic mass is 10.2. The van der Waals surface area contributed by atoms with E-state index in [1.54, 1.807) is 30.3 Å². The second-order valence-electron chi connectivity index (χ2n) is 8.71. The second kappa shape index (κ2) is 11.5. The van der Waals surface area contributed by atoms with E-state index >= 15 is 0 Å². The Balaban J connectivity index is 1.26. The number of halogens is 3. The highest BCUT2D eigenvalue weighted by atomic mass is 19.4. The van der Waals surface area contributed by atoms with Crippen LogP contribution in [-0.2, 0) is 24.1 Å². The number of fused-ring (bicyclic) bond motifs is 1. The van der Waals surface area contributed by atoms with Gasteiger partial charge in [0.2, 0.25) is 5.88 Å². The lowest BCUT2D eigenvalue weighted by molar-refractivity contribution is -0.137. The Morgan fingerprint density at radius 3 is 2.52 bits per heavy atom. The van der Waals surface area contributed by atoms with Gasteiger partial charge in [0.1, 0.15) is 17.8 Å². The average molecular weight is 549 g/mol. The predicted octanol–water partition coefficient (Wildman–Crippen LogP) is 7.05. The summed E-state index contributed by atoms with van der Waals surface area (Å²) in [5.41, 5.74) is 1.25. The van der Waals surface area contributed by atoms with Crippen molar-refractivity contribution in [1.82, 2.24) is 14.5 Å². The van der Waals surface area contributed by atoms with Crippen molar-refractivity contribution in [1.29, 1.82) is 0 Å². The van der Waals surface area contributed by atoms with E-state index in [9.17, 15) is 18.0 Å². The first-order valence-corrected chi connectivity index (χ1v) is 12.1. The summed E-state index contributed by atoms with van der Waals surface area (Å²) in [5.74, 6) is 0.770. The number of aromatic nitrogens is 3. The maximum atomic E-state index is 13.2. The van der Waals surface area contributed by atoms with Gasteiger partial charge in [-0.15, -0.1) is 0 Å². The summed E-state index contributed by atoms with van der Waals surface area (Å²) in [5, 5.41) is 3.17. The smallest absolute Gasteiger partial charge is 0.416 e. The Morgan fingerprint density at radius 1 is 0.925 bits per heavy atom. The summed E-state index contributed by atoms with van der Waals surface area (Å²) in [7, 11) is 1.25. The molecule has 0 aliphatic rings. The van der Waals surface area contributed by atoms with Gasteiger partial charge in [0.15, 0.2) is 0 Å². The van der Waals surface area contributed by atoms with Gasteiger partial charge in [-0.05, 0) is 42.0 Å². The molecule has 0 radical (unpaired) electrons. The molecule has 0 aliphatic carbocycles. The van der Waals surface area contributed by atoms with Crippen LogP contribution in [0.1, 0.15) is 16.8 Å². The Hall–Kier alpha value is -4.90. The molecule has 204 valence electrons. The fraction of sp³-hybridized carbons (Fsp3) is 0.138. The molecule has 5 rings (SSSR count). The molecule has 0 unspecified atom stereocenters. The van der Waals surface area contributed by atoms with E-state index in [0.717, 1.165) is 17.7 Å². The summed E-state index contributed by atoms with van der Waals surface area (Å²) < 4.78 is 57.6. The maximum absolute atomic E-state index is 13.2. The number of amides is 1. The van der Waals surface area contributed by atoms with Crippen LogP contribution in [0.3, 0.4) is 0 Å². The standard InChI is InChI=1S/C29H23F3N4O4/c1-38-25-13-21(29(30,31)32)12-22(14-25)35-28(37)36-10-9-20-11-24(7-8-26(20)36)40-27-15-23(33-18-34-27)17-39-16-19-5-3-2-4-6-19/h2-15,18H,16-17H2,1H3,(H,35,37). The minimum Gasteiger partial charge on any atom is -0.497 e. The van der Waals surface area contributed by atoms with Crippen LogP contribution in [0.2, 0.25) is 0 Å². The molecule has 3 aromatic carbocycles. The van der Waals surface area contributed by atoms with Crippen molar-refractivity contribution in [2.45, 2.75) is 19.4 Å². The van der Waals surface area contributed by atoms with Crippen molar-refractivity contribution in [3.8, 4) is 17.4 Å². The number of carbonyl (C=O) groups excluding carboxylic acids is 1. The van der Waals surface area contributed by atoms with Gasteiger partial charge in [-0.2, -0.15) is 13.2 Å². The van der Waals surface area contributed by atoms with E-state index in [0.29, 0.717) is 34.8 Å². The number of carbonyl (C=O) groups is 1. The molecule has 8 nitrogen and oxygen atoms in total. The molecule has 0 saturated heterocycles. The zero-order valence-corrected chi connectivity index (χ0v) is 21.2. The fourth-order valence-corrected chi connectivity index (χ4v) is 3.98. The summed E-state index contributed by atoms with van der Waals surface area (Å²) >= 11 is 0. The third-order valence-corrected chi connectivity index (χ3v) is 5.88. The molecule has 0 spiro atoms. The van der Waals surface area contributed by atoms with E-state index in [1.165, 1.54) is 30.3 Å². The largest absolute Gasteiger partial charge is 0.497 e. The van der Waals surface area contributed by atoms with Gasteiger partial charge in [0.25, 0.3) is 0 Å². The molecule has 11 heteroatoms. The molecule has 40 heavy (non-hydrogen) atoms. The van der Waals surface area contributed by atoms with Crippen LogP contribution in [0.4, 0.5) is 23.7 Å². The zero-order valence-electron chi connectivity index (χ0n) is 21.2. The molecule has 1 N–H and O–H groups in total. The molecule has 5 aromatic rings. The van der Waals surface area contributed by atoms with Crippen molar-refractivity contribution < 1.29 is 32.2 Å². The zero-order chi connectivity index (χ0) is 28.1. The van der Waals surface area contributed by atoms with Crippen LogP contribution >= 0.6 is 0 Å². The molecule has 0 atom stereocenters. The van der Waals surface area contributed by atoms with Crippen molar-refractivity contribution in [3.05, 3.63) is 108 Å². The van der Waals surface area contributed by atoms with E-state index in [2.05, 4.69) is 15.3 Å². The highest BCUT2D eigenvalue weighted by Gasteiger charge is 2.31. The molecular weight excluding hydrogens is 525 g/mol. The molecule has 2 heterocycles. The van der Waals surface area contributed by atoms with Crippen LogP contribution < -0.4 is 14.8 Å². The summed E-state index contributed by atoms with van der Waals surface area (Å²) in [4.78, 5) is 21.3. The van der Waals surface area contributed by atoms with Gasteiger partial charge in [0.05, 0.1) is 37.1 Å². The topological polar surface area (TPSA) is 87.5 Å². The van der Waals surface area contributed by atoms with Gasteiger partial charge in [-0.25, -0.2) is 14.8 Å². The van der Waals surface area contributed by atoms with E-state index in [4.69, 9.17) is 14.2 Å². The number of methoxy groups -OCH3 is 1. The molecular formula is C29H23F3N4O4. The fourth-order valence-electron chi connectivity index (χ4n) is 3.98. The number of rotatable bonds is 8. The first-order chi connectivity index (χ1) is 19.3. The van der Waals surface area contributed by atoms with Crippen LogP contribution in [0.25, 0.3) is 10.9 Å². The number of anilines is 1. The Labute approximate surface area is 227 Å². The first kappa shape index (κ1) is 26.7. The third kappa shape index (κ3) is 6.38. The van der Waals surface area contributed by atoms with Crippen LogP contribution in [0, 0.1) is 0 Å². The van der Waals surface area contributed by atoms with Gasteiger partial charge < -0.3 is 19.5 Å². The normalized spacial score (nSPS) is 11.4. The van der Waals surface area contributed by atoms with Crippen LogP contribution in [0.5, 0.6) is 17.4 Å². The predicted molar refractivity (Wildman–Crippen MR) is 141 cm³/mol. The van der Waals surface area contributed by atoms with Crippen molar-refractivity contribution in [3.63, 3.8) is 0 Å². The quantitative estimate of drug-likeness (QED) is 0.224. The van der Waals surface area contributed by atoms with Crippen molar-refractivity contribution in [2.24, 2.45) is 0 Å². The molecule has 0 saturated carbocycles. The highest BCUT2D eigenvalue weighted by Crippen LogP contribution is 2.34. The summed E-state index contributed by atoms with van der Waals surface area (Å²) in [6, 6.07) is 20.6. The molecule has 0 aliphatic heterocycles. The number of nitrogens with one attached hydrogen (secondary N) is 1. The van der Waals surface area contributed by atoms with E-state index in [-0.39, 0.29) is 18.0 Å². The van der Waals surface area contributed by atoms with E-state index < -0.39 is 17.8 Å². The number of nitrogens with zero attached hydrogens (tertiary/aromatic N) is 3. The lowest BCUT2D eigenvalue weighted by Crippen LogP contribution is -2.19. The number of hydrogen-bond acceptors (Lipinski definition) is 6.